The van der Waals surface area contributed by atoms with Crippen LogP contribution in [0.2, 0.25) is 0 Å². The Morgan fingerprint density at radius 2 is 1.91 bits per heavy atom. The summed E-state index contributed by atoms with van der Waals surface area (Å²) in [5.41, 5.74) is 1.26. The third-order valence-electron chi connectivity index (χ3n) is 7.17. The molecule has 7 nitrogen and oxygen atoms in total. The number of fused-ring (bicyclic) bond motifs is 2. The number of carbonyl (C=O) groups is 1. The van der Waals surface area contributed by atoms with E-state index in [9.17, 15) is 9.18 Å². The van der Waals surface area contributed by atoms with E-state index < -0.39 is 5.82 Å². The van der Waals surface area contributed by atoms with Crippen LogP contribution >= 0.6 is 0 Å². The number of piperazine rings is 1. The van der Waals surface area contributed by atoms with Gasteiger partial charge in [-0.25, -0.2) is 9.37 Å². The zero-order valence-corrected chi connectivity index (χ0v) is 18.3. The number of hydrogen-bond donors (Lipinski definition) is 1. The molecule has 0 radical (unpaired) electrons. The number of benzene rings is 1. The number of rotatable bonds is 6. The van der Waals surface area contributed by atoms with Gasteiger partial charge in [0, 0.05) is 49.9 Å². The van der Waals surface area contributed by atoms with Crippen molar-refractivity contribution in [3.8, 4) is 12.1 Å². The maximum absolute atomic E-state index is 13.7. The van der Waals surface area contributed by atoms with Gasteiger partial charge in [0.2, 0.25) is 5.91 Å². The minimum atomic E-state index is -0.503. The molecular formula is C25H25FN6O. The molecule has 2 saturated heterocycles. The van der Waals surface area contributed by atoms with E-state index in [2.05, 4.69) is 21.3 Å². The Kier molecular flexibility index (Phi) is 5.47. The number of hydrogen-bond acceptors (Lipinski definition) is 6. The first kappa shape index (κ1) is 21.4. The minimum absolute atomic E-state index is 0.0572. The number of anilines is 1. The van der Waals surface area contributed by atoms with E-state index in [0.29, 0.717) is 31.6 Å². The predicted octanol–water partition coefficient (Wildman–Crippen LogP) is 2.81. The molecule has 2 aliphatic heterocycles. The predicted molar refractivity (Wildman–Crippen MR) is 119 cm³/mol. The molecule has 0 spiro atoms. The van der Waals surface area contributed by atoms with Gasteiger partial charge in [-0.2, -0.15) is 10.5 Å². The van der Waals surface area contributed by atoms with E-state index >= 15 is 0 Å². The summed E-state index contributed by atoms with van der Waals surface area (Å²) in [4.78, 5) is 21.7. The van der Waals surface area contributed by atoms with Gasteiger partial charge in [-0.05, 0) is 55.5 Å². The van der Waals surface area contributed by atoms with Crippen LogP contribution in [0.15, 0.2) is 36.5 Å². The van der Waals surface area contributed by atoms with Gasteiger partial charge in [-0.15, -0.1) is 0 Å². The molecule has 2 bridgehead atoms. The highest BCUT2D eigenvalue weighted by Crippen LogP contribution is 2.45. The van der Waals surface area contributed by atoms with Crippen LogP contribution < -0.4 is 10.2 Å². The van der Waals surface area contributed by atoms with Gasteiger partial charge in [0.1, 0.15) is 23.8 Å². The lowest BCUT2D eigenvalue weighted by Crippen LogP contribution is -2.56. The zero-order valence-electron chi connectivity index (χ0n) is 18.3. The van der Waals surface area contributed by atoms with E-state index in [-0.39, 0.29) is 29.1 Å². The van der Waals surface area contributed by atoms with Gasteiger partial charge in [-0.3, -0.25) is 4.79 Å². The van der Waals surface area contributed by atoms with Crippen molar-refractivity contribution in [3.63, 3.8) is 0 Å². The molecule has 8 heteroatoms. The third kappa shape index (κ3) is 4.03. The number of nitrogens with one attached hydrogen (secondary N) is 1. The molecule has 168 valence electrons. The number of likely N-dealkylation sites (tertiary alicyclic amines) is 1. The molecule has 1 amide bonds. The average Bonchev–Trinajstić information content (AvgIpc) is 3.58. The molecule has 2 aromatic rings. The van der Waals surface area contributed by atoms with Gasteiger partial charge in [0.05, 0.1) is 11.1 Å². The SMILES string of the molecule is N#Cc1ccc(N2C3CCC2CN(C(=O)CCNC2(c4ccc(F)c(C#N)c4)CC2)C3)nc1. The normalized spacial score (nSPS) is 22.5. The van der Waals surface area contributed by atoms with Crippen molar-refractivity contribution in [2.24, 2.45) is 0 Å². The minimum Gasteiger partial charge on any atom is -0.347 e. The molecule has 1 aliphatic carbocycles. The van der Waals surface area contributed by atoms with Gasteiger partial charge in [0.25, 0.3) is 0 Å². The molecule has 2 unspecified atom stereocenters. The molecular weight excluding hydrogens is 419 g/mol. The number of amides is 1. The van der Waals surface area contributed by atoms with E-state index in [1.165, 1.54) is 6.07 Å². The molecule has 33 heavy (non-hydrogen) atoms. The molecule has 1 N–H and O–H groups in total. The zero-order chi connectivity index (χ0) is 23.0. The van der Waals surface area contributed by atoms with Crippen LogP contribution in [0.25, 0.3) is 0 Å². The second kappa shape index (κ2) is 8.46. The first-order chi connectivity index (χ1) is 16.0. The summed E-state index contributed by atoms with van der Waals surface area (Å²) in [6.45, 7) is 1.92. The van der Waals surface area contributed by atoms with Crippen LogP contribution in [0.3, 0.4) is 0 Å². The number of nitrogens with zero attached hydrogens (tertiary/aromatic N) is 5. The van der Waals surface area contributed by atoms with Gasteiger partial charge >= 0.3 is 0 Å². The Balaban J connectivity index is 1.17. The molecule has 3 fully saturated rings. The lowest BCUT2D eigenvalue weighted by molar-refractivity contribution is -0.132. The summed E-state index contributed by atoms with van der Waals surface area (Å²) < 4.78 is 13.7. The van der Waals surface area contributed by atoms with Crippen molar-refractivity contribution in [1.29, 1.82) is 10.5 Å². The Bertz CT molecular complexity index is 1130. The monoisotopic (exact) mass is 444 g/mol. The van der Waals surface area contributed by atoms with E-state index in [4.69, 9.17) is 10.5 Å². The van der Waals surface area contributed by atoms with Crippen molar-refractivity contribution in [1.82, 2.24) is 15.2 Å². The first-order valence-electron chi connectivity index (χ1n) is 11.4. The summed E-state index contributed by atoms with van der Waals surface area (Å²) in [6.07, 6.45) is 5.90. The highest BCUT2D eigenvalue weighted by molar-refractivity contribution is 5.77. The summed E-state index contributed by atoms with van der Waals surface area (Å²) in [7, 11) is 0. The summed E-state index contributed by atoms with van der Waals surface area (Å²) in [6, 6.07) is 12.9. The van der Waals surface area contributed by atoms with Crippen molar-refractivity contribution < 1.29 is 9.18 Å². The number of nitriles is 2. The summed E-state index contributed by atoms with van der Waals surface area (Å²) >= 11 is 0. The fourth-order valence-electron chi connectivity index (χ4n) is 5.25. The fraction of sp³-hybridized carbons (Fsp3) is 0.440. The Morgan fingerprint density at radius 1 is 1.15 bits per heavy atom. The van der Waals surface area contributed by atoms with Crippen LogP contribution in [-0.4, -0.2) is 47.5 Å². The Morgan fingerprint density at radius 3 is 2.52 bits per heavy atom. The highest BCUT2D eigenvalue weighted by atomic mass is 19.1. The quantitative estimate of drug-likeness (QED) is 0.736. The molecule has 3 heterocycles. The third-order valence-corrected chi connectivity index (χ3v) is 7.17. The van der Waals surface area contributed by atoms with E-state index in [0.717, 1.165) is 37.1 Å². The standard InChI is InChI=1S/C25H25FN6O/c26-22-5-2-19(11-18(22)13-28)25(8-9-25)30-10-7-24(33)31-15-20-3-4-21(16-31)32(20)23-6-1-17(12-27)14-29-23/h1-2,5-6,11,14,20-21,30H,3-4,7-10,15-16H2. The van der Waals surface area contributed by atoms with E-state index in [1.807, 2.05) is 17.0 Å². The number of aromatic nitrogens is 1. The first-order valence-corrected chi connectivity index (χ1v) is 11.4. The Labute approximate surface area is 192 Å². The second-order valence-electron chi connectivity index (χ2n) is 9.17. The molecule has 3 aliphatic rings. The number of halogens is 1. The lowest BCUT2D eigenvalue weighted by atomic mass is 10.0. The summed E-state index contributed by atoms with van der Waals surface area (Å²) in [5, 5.41) is 21.6. The Hall–Kier alpha value is -3.49. The van der Waals surface area contributed by atoms with Crippen LogP contribution in [0.1, 0.15) is 48.8 Å². The summed E-state index contributed by atoms with van der Waals surface area (Å²) in [5.74, 6) is 0.513. The lowest BCUT2D eigenvalue weighted by Gasteiger charge is -2.42. The highest BCUT2D eigenvalue weighted by Gasteiger charge is 2.45. The van der Waals surface area contributed by atoms with Crippen LogP contribution in [-0.2, 0) is 10.3 Å². The molecule has 1 saturated carbocycles. The maximum atomic E-state index is 13.7. The van der Waals surface area contributed by atoms with Crippen LogP contribution in [0, 0.1) is 28.5 Å². The topological polar surface area (TPSA) is 96.0 Å². The molecule has 1 aromatic carbocycles. The number of carbonyl (C=O) groups excluding carboxylic acids is 1. The molecule has 5 rings (SSSR count). The smallest absolute Gasteiger partial charge is 0.223 e. The van der Waals surface area contributed by atoms with Crippen LogP contribution in [0.5, 0.6) is 0 Å². The van der Waals surface area contributed by atoms with Crippen LogP contribution in [0.4, 0.5) is 10.2 Å². The van der Waals surface area contributed by atoms with Crippen molar-refractivity contribution in [2.45, 2.75) is 49.7 Å². The van der Waals surface area contributed by atoms with Gasteiger partial charge in [-0.1, -0.05) is 6.07 Å². The van der Waals surface area contributed by atoms with Crippen molar-refractivity contribution in [3.05, 3.63) is 59.0 Å². The van der Waals surface area contributed by atoms with Gasteiger partial charge in [0.15, 0.2) is 0 Å². The average molecular weight is 445 g/mol. The number of pyridine rings is 1. The van der Waals surface area contributed by atoms with Crippen molar-refractivity contribution >= 4 is 11.7 Å². The maximum Gasteiger partial charge on any atom is 0.223 e. The molecule has 2 atom stereocenters. The molecule has 1 aromatic heterocycles. The second-order valence-corrected chi connectivity index (χ2v) is 9.17. The van der Waals surface area contributed by atoms with E-state index in [1.54, 1.807) is 24.4 Å². The largest absolute Gasteiger partial charge is 0.347 e. The van der Waals surface area contributed by atoms with Gasteiger partial charge < -0.3 is 15.1 Å². The van der Waals surface area contributed by atoms with Crippen molar-refractivity contribution in [2.75, 3.05) is 24.5 Å². The fourth-order valence-corrected chi connectivity index (χ4v) is 5.25.